The molecule has 0 fully saturated rings. The number of urea groups is 1. The molecule has 0 heterocycles. The van der Waals surface area contributed by atoms with E-state index in [1.165, 1.54) is 0 Å². The normalized spacial score (nSPS) is 11.4. The standard InChI is InChI=1S/C21H26N4O3/c1-15-8-7-9-16(2)20(15)23-18(26)13-25(3)14-19(27)24-21(28)22-12-17-10-5-4-6-11-17/h4-11H,12-14H2,1-3H3,(H,23,26)(H2,22,24,27,28)/p+1. The number of likely N-dealkylation sites (N-methyl/N-ethyl adjacent to an activating group) is 1. The molecule has 4 N–H and O–H groups in total. The Labute approximate surface area is 165 Å². The van der Waals surface area contributed by atoms with Crippen molar-refractivity contribution >= 4 is 23.5 Å². The van der Waals surface area contributed by atoms with Gasteiger partial charge in [0, 0.05) is 12.2 Å². The second-order valence-corrected chi connectivity index (χ2v) is 6.84. The molecule has 0 saturated carbocycles. The van der Waals surface area contributed by atoms with Crippen molar-refractivity contribution in [2.24, 2.45) is 0 Å². The maximum Gasteiger partial charge on any atom is 0.321 e. The fourth-order valence-electron chi connectivity index (χ4n) is 2.80. The van der Waals surface area contributed by atoms with E-state index in [9.17, 15) is 14.4 Å². The number of benzene rings is 2. The molecule has 0 aromatic heterocycles. The van der Waals surface area contributed by atoms with Crippen LogP contribution in [0.25, 0.3) is 0 Å². The minimum absolute atomic E-state index is 0.0128. The lowest BCUT2D eigenvalue weighted by Crippen LogP contribution is -3.11. The van der Waals surface area contributed by atoms with Gasteiger partial charge < -0.3 is 15.5 Å². The molecule has 7 heteroatoms. The van der Waals surface area contributed by atoms with Gasteiger partial charge in [0.2, 0.25) is 0 Å². The van der Waals surface area contributed by atoms with Crippen molar-refractivity contribution in [2.45, 2.75) is 20.4 Å². The first-order valence-electron chi connectivity index (χ1n) is 9.14. The highest BCUT2D eigenvalue weighted by atomic mass is 16.2. The molecule has 0 aliphatic heterocycles. The maximum atomic E-state index is 12.2. The molecule has 28 heavy (non-hydrogen) atoms. The van der Waals surface area contributed by atoms with Crippen molar-refractivity contribution < 1.29 is 19.3 Å². The summed E-state index contributed by atoms with van der Waals surface area (Å²) in [5.74, 6) is -0.626. The lowest BCUT2D eigenvalue weighted by atomic mass is 10.1. The van der Waals surface area contributed by atoms with Gasteiger partial charge in [0.1, 0.15) is 0 Å². The molecular formula is C21H27N4O3+. The van der Waals surface area contributed by atoms with E-state index < -0.39 is 11.9 Å². The van der Waals surface area contributed by atoms with Crippen LogP contribution in [0, 0.1) is 13.8 Å². The summed E-state index contributed by atoms with van der Waals surface area (Å²) in [5.41, 5.74) is 3.71. The van der Waals surface area contributed by atoms with Crippen molar-refractivity contribution in [2.75, 3.05) is 25.5 Å². The summed E-state index contributed by atoms with van der Waals surface area (Å²) in [5, 5.41) is 7.80. The van der Waals surface area contributed by atoms with Crippen molar-refractivity contribution in [3.8, 4) is 0 Å². The van der Waals surface area contributed by atoms with Crippen LogP contribution in [0.5, 0.6) is 0 Å². The van der Waals surface area contributed by atoms with Crippen molar-refractivity contribution in [1.82, 2.24) is 10.6 Å². The van der Waals surface area contributed by atoms with E-state index in [1.807, 2.05) is 62.4 Å². The Hall–Kier alpha value is -3.19. The molecule has 1 unspecified atom stereocenters. The van der Waals surface area contributed by atoms with E-state index in [2.05, 4.69) is 16.0 Å². The summed E-state index contributed by atoms with van der Waals surface area (Å²) in [6.45, 7) is 4.33. The van der Waals surface area contributed by atoms with Crippen LogP contribution >= 0.6 is 0 Å². The van der Waals surface area contributed by atoms with Crippen LogP contribution in [-0.2, 0) is 16.1 Å². The third-order valence-electron chi connectivity index (χ3n) is 4.22. The summed E-state index contributed by atoms with van der Waals surface area (Å²) in [6.07, 6.45) is 0. The summed E-state index contributed by atoms with van der Waals surface area (Å²) >= 11 is 0. The Morgan fingerprint density at radius 2 is 1.46 bits per heavy atom. The first kappa shape index (κ1) is 21.1. The average molecular weight is 383 g/mol. The van der Waals surface area contributed by atoms with Gasteiger partial charge in [0.25, 0.3) is 11.8 Å². The second-order valence-electron chi connectivity index (χ2n) is 6.84. The van der Waals surface area contributed by atoms with E-state index in [1.54, 1.807) is 7.05 Å². The number of para-hydroxylation sites is 1. The van der Waals surface area contributed by atoms with Crippen LogP contribution in [0.4, 0.5) is 10.5 Å². The smallest absolute Gasteiger partial charge is 0.321 e. The molecule has 0 aliphatic rings. The number of amides is 4. The molecular weight excluding hydrogens is 356 g/mol. The lowest BCUT2D eigenvalue weighted by Gasteiger charge is -2.15. The molecule has 0 aliphatic carbocycles. The van der Waals surface area contributed by atoms with Crippen molar-refractivity contribution in [3.63, 3.8) is 0 Å². The fraction of sp³-hybridized carbons (Fsp3) is 0.286. The second kappa shape index (κ2) is 10.2. The summed E-state index contributed by atoms with van der Waals surface area (Å²) in [6, 6.07) is 14.7. The molecule has 148 valence electrons. The largest absolute Gasteiger partial charge is 0.334 e. The van der Waals surface area contributed by atoms with Gasteiger partial charge in [0.05, 0.1) is 7.05 Å². The Morgan fingerprint density at radius 1 is 0.857 bits per heavy atom. The van der Waals surface area contributed by atoms with Crippen LogP contribution in [0.1, 0.15) is 16.7 Å². The predicted molar refractivity (Wildman–Crippen MR) is 108 cm³/mol. The van der Waals surface area contributed by atoms with Crippen LogP contribution in [-0.4, -0.2) is 38.0 Å². The maximum absolute atomic E-state index is 12.2. The van der Waals surface area contributed by atoms with Gasteiger partial charge in [-0.2, -0.15) is 0 Å². The zero-order chi connectivity index (χ0) is 20.5. The van der Waals surface area contributed by atoms with E-state index in [4.69, 9.17) is 0 Å². The Bertz CT molecular complexity index is 817. The van der Waals surface area contributed by atoms with Crippen molar-refractivity contribution in [3.05, 3.63) is 65.2 Å². The number of quaternary nitrogens is 1. The van der Waals surface area contributed by atoms with Crippen LogP contribution in [0.15, 0.2) is 48.5 Å². The molecule has 0 bridgehead atoms. The van der Waals surface area contributed by atoms with Gasteiger partial charge in [0.15, 0.2) is 13.1 Å². The van der Waals surface area contributed by atoms with E-state index in [0.29, 0.717) is 11.4 Å². The molecule has 0 radical (unpaired) electrons. The zero-order valence-corrected chi connectivity index (χ0v) is 16.5. The molecule has 2 aromatic carbocycles. The van der Waals surface area contributed by atoms with Crippen LogP contribution < -0.4 is 20.9 Å². The van der Waals surface area contributed by atoms with Gasteiger partial charge in [-0.25, -0.2) is 4.79 Å². The van der Waals surface area contributed by atoms with Gasteiger partial charge in [-0.15, -0.1) is 0 Å². The molecule has 0 saturated heterocycles. The monoisotopic (exact) mass is 383 g/mol. The highest BCUT2D eigenvalue weighted by molar-refractivity contribution is 5.95. The number of carbonyl (C=O) groups is 3. The number of anilines is 1. The first-order valence-corrected chi connectivity index (χ1v) is 9.14. The molecule has 0 spiro atoms. The fourth-order valence-corrected chi connectivity index (χ4v) is 2.80. The molecule has 2 rings (SSSR count). The summed E-state index contributed by atoms with van der Waals surface area (Å²) in [4.78, 5) is 36.7. The third kappa shape index (κ3) is 6.85. The van der Waals surface area contributed by atoms with Gasteiger partial charge in [-0.1, -0.05) is 48.5 Å². The molecule has 7 nitrogen and oxygen atoms in total. The SMILES string of the molecule is Cc1cccc(C)c1NC(=O)C[NH+](C)CC(=O)NC(=O)NCc1ccccc1. The molecule has 4 amide bonds. The number of aryl methyl sites for hydroxylation is 2. The highest BCUT2D eigenvalue weighted by Gasteiger charge is 2.17. The average Bonchev–Trinajstić information content (AvgIpc) is 2.63. The minimum Gasteiger partial charge on any atom is -0.334 e. The van der Waals surface area contributed by atoms with Gasteiger partial charge >= 0.3 is 6.03 Å². The first-order chi connectivity index (χ1) is 13.3. The van der Waals surface area contributed by atoms with Gasteiger partial charge in [-0.05, 0) is 30.5 Å². The lowest BCUT2D eigenvalue weighted by molar-refractivity contribution is -0.862. The Balaban J connectivity index is 1.74. The number of hydrogen-bond acceptors (Lipinski definition) is 3. The van der Waals surface area contributed by atoms with E-state index in [0.717, 1.165) is 22.4 Å². The zero-order valence-electron chi connectivity index (χ0n) is 16.5. The topological polar surface area (TPSA) is 91.7 Å². The quantitative estimate of drug-likeness (QED) is 0.570. The number of nitrogens with one attached hydrogen (secondary N) is 4. The van der Waals surface area contributed by atoms with Gasteiger partial charge in [-0.3, -0.25) is 14.9 Å². The summed E-state index contributed by atoms with van der Waals surface area (Å²) in [7, 11) is 1.73. The number of imide groups is 1. The molecule has 1 atom stereocenters. The van der Waals surface area contributed by atoms with Crippen LogP contribution in [0.3, 0.4) is 0 Å². The van der Waals surface area contributed by atoms with E-state index >= 15 is 0 Å². The van der Waals surface area contributed by atoms with E-state index in [-0.39, 0.29) is 19.0 Å². The van der Waals surface area contributed by atoms with Crippen molar-refractivity contribution in [1.29, 1.82) is 0 Å². The Morgan fingerprint density at radius 3 is 2.11 bits per heavy atom. The third-order valence-corrected chi connectivity index (χ3v) is 4.22. The Kier molecular flexibility index (Phi) is 7.71. The minimum atomic E-state index is -0.554. The summed E-state index contributed by atoms with van der Waals surface area (Å²) < 4.78 is 0. The number of rotatable bonds is 7. The number of hydrogen-bond donors (Lipinski definition) is 4. The van der Waals surface area contributed by atoms with Crippen LogP contribution in [0.2, 0.25) is 0 Å². The highest BCUT2D eigenvalue weighted by Crippen LogP contribution is 2.18. The predicted octanol–water partition coefficient (Wildman–Crippen LogP) is 0.783. The number of carbonyl (C=O) groups excluding carboxylic acids is 3. The molecule has 2 aromatic rings.